The number of carbonyl (C=O) groups is 3. The Morgan fingerprint density at radius 2 is 1.53 bits per heavy atom. The van der Waals surface area contributed by atoms with E-state index in [-0.39, 0.29) is 19.0 Å². The molecule has 0 aliphatic rings. The lowest BCUT2D eigenvalue weighted by atomic mass is 10.0. The quantitative estimate of drug-likeness (QED) is 0.271. The summed E-state index contributed by atoms with van der Waals surface area (Å²) in [6, 6.07) is 18.0. The first-order valence-electron chi connectivity index (χ1n) is 10.2. The molecule has 0 spiro atoms. The Hall–Kier alpha value is -3.65. The highest BCUT2D eigenvalue weighted by Crippen LogP contribution is 2.36. The molecule has 0 aliphatic carbocycles. The number of alkyl carbamates (subject to hydrolysis) is 1. The van der Waals surface area contributed by atoms with Crippen LogP contribution >= 0.6 is 11.3 Å². The van der Waals surface area contributed by atoms with Gasteiger partial charge in [-0.1, -0.05) is 60.7 Å². The fourth-order valence-corrected chi connectivity index (χ4v) is 4.04. The van der Waals surface area contributed by atoms with E-state index < -0.39 is 18.2 Å². The van der Waals surface area contributed by atoms with E-state index in [1.807, 2.05) is 35.7 Å². The van der Waals surface area contributed by atoms with Gasteiger partial charge >= 0.3 is 12.1 Å². The molecule has 3 rings (SSSR count). The molecule has 3 aromatic rings. The van der Waals surface area contributed by atoms with Crippen molar-refractivity contribution in [1.29, 1.82) is 0 Å². The third kappa shape index (κ3) is 5.53. The smallest absolute Gasteiger partial charge is 0.409 e. The van der Waals surface area contributed by atoms with Gasteiger partial charge < -0.3 is 14.8 Å². The summed E-state index contributed by atoms with van der Waals surface area (Å²) in [6.45, 7) is 3.76. The molecule has 2 aromatic carbocycles. The molecule has 0 fully saturated rings. The number of hydrogen-bond acceptors (Lipinski definition) is 7. The van der Waals surface area contributed by atoms with Gasteiger partial charge in [-0.15, -0.1) is 11.3 Å². The molecule has 2 N–H and O–H groups in total. The van der Waals surface area contributed by atoms with Gasteiger partial charge in [0, 0.05) is 16.5 Å². The standard InChI is InChI=1S/C24H24N2O5S/c1-3-30-23(28)19-18(16-11-7-5-8-12-16)15-32-22(19)25-21(26-24(29)31-4-2)20(27)17-13-9-6-10-14-17/h5-15,21,25H,3-4H2,1-2H3,(H,26,29). The number of Topliss-reactive ketones (excluding diaryl/α,β-unsaturated/α-hetero) is 1. The summed E-state index contributed by atoms with van der Waals surface area (Å²) in [5.74, 6) is -0.889. The molecule has 0 aliphatic heterocycles. The van der Waals surface area contributed by atoms with Crippen LogP contribution in [0.15, 0.2) is 66.0 Å². The lowest BCUT2D eigenvalue weighted by Gasteiger charge is -2.20. The summed E-state index contributed by atoms with van der Waals surface area (Å²) < 4.78 is 10.2. The highest BCUT2D eigenvalue weighted by atomic mass is 32.1. The minimum Gasteiger partial charge on any atom is -0.462 e. The van der Waals surface area contributed by atoms with Crippen molar-refractivity contribution in [3.05, 3.63) is 77.2 Å². The van der Waals surface area contributed by atoms with Crippen LogP contribution in [0.4, 0.5) is 9.80 Å². The van der Waals surface area contributed by atoms with Crippen molar-refractivity contribution in [2.45, 2.75) is 20.0 Å². The predicted molar refractivity (Wildman–Crippen MR) is 124 cm³/mol. The molecule has 8 heteroatoms. The molecule has 0 radical (unpaired) electrons. The van der Waals surface area contributed by atoms with Gasteiger partial charge in [-0.3, -0.25) is 10.1 Å². The van der Waals surface area contributed by atoms with Gasteiger partial charge in [-0.25, -0.2) is 9.59 Å². The van der Waals surface area contributed by atoms with E-state index in [9.17, 15) is 14.4 Å². The maximum Gasteiger partial charge on any atom is 0.409 e. The van der Waals surface area contributed by atoms with Crippen molar-refractivity contribution in [2.75, 3.05) is 18.5 Å². The van der Waals surface area contributed by atoms with Crippen LogP contribution in [-0.2, 0) is 9.47 Å². The molecule has 0 saturated heterocycles. The lowest BCUT2D eigenvalue weighted by molar-refractivity contribution is 0.0528. The van der Waals surface area contributed by atoms with Crippen molar-refractivity contribution >= 4 is 34.2 Å². The lowest BCUT2D eigenvalue weighted by Crippen LogP contribution is -2.46. The van der Waals surface area contributed by atoms with Crippen LogP contribution in [0, 0.1) is 0 Å². The Balaban J connectivity index is 1.99. The highest BCUT2D eigenvalue weighted by Gasteiger charge is 2.28. The first kappa shape index (κ1) is 23.0. The topological polar surface area (TPSA) is 93.7 Å². The fourth-order valence-electron chi connectivity index (χ4n) is 3.06. The number of thiophene rings is 1. The third-order valence-electron chi connectivity index (χ3n) is 4.49. The second-order valence-electron chi connectivity index (χ2n) is 6.61. The van der Waals surface area contributed by atoms with E-state index in [2.05, 4.69) is 10.6 Å². The van der Waals surface area contributed by atoms with Crippen LogP contribution in [0.3, 0.4) is 0 Å². The minimum absolute atomic E-state index is 0.156. The van der Waals surface area contributed by atoms with Crippen LogP contribution < -0.4 is 10.6 Å². The Kier molecular flexibility index (Phi) is 7.99. The second kappa shape index (κ2) is 11.1. The Bertz CT molecular complexity index is 1070. The SMILES string of the molecule is CCOC(=O)NC(Nc1scc(-c2ccccc2)c1C(=O)OCC)C(=O)c1ccccc1. The molecule has 0 saturated carbocycles. The van der Waals surface area contributed by atoms with Crippen LogP contribution in [-0.4, -0.2) is 37.2 Å². The summed E-state index contributed by atoms with van der Waals surface area (Å²) in [7, 11) is 0. The Morgan fingerprint density at radius 3 is 2.16 bits per heavy atom. The number of ketones is 1. The van der Waals surface area contributed by atoms with Crippen molar-refractivity contribution in [2.24, 2.45) is 0 Å². The average molecular weight is 453 g/mol. The van der Waals surface area contributed by atoms with Gasteiger partial charge in [0.05, 0.1) is 13.2 Å². The monoisotopic (exact) mass is 452 g/mol. The van der Waals surface area contributed by atoms with Crippen LogP contribution in [0.5, 0.6) is 0 Å². The maximum absolute atomic E-state index is 13.1. The van der Waals surface area contributed by atoms with Crippen molar-refractivity contribution in [3.63, 3.8) is 0 Å². The van der Waals surface area contributed by atoms with Crippen molar-refractivity contribution < 1.29 is 23.9 Å². The summed E-state index contributed by atoms with van der Waals surface area (Å²) in [5, 5.41) is 7.79. The second-order valence-corrected chi connectivity index (χ2v) is 7.49. The van der Waals surface area contributed by atoms with E-state index in [4.69, 9.17) is 9.47 Å². The van der Waals surface area contributed by atoms with Crippen LogP contribution in [0.1, 0.15) is 34.6 Å². The fraction of sp³-hybridized carbons (Fsp3) is 0.208. The van der Waals surface area contributed by atoms with Crippen molar-refractivity contribution in [1.82, 2.24) is 5.32 Å². The number of anilines is 1. The van der Waals surface area contributed by atoms with E-state index >= 15 is 0 Å². The molecule has 1 heterocycles. The zero-order chi connectivity index (χ0) is 22.9. The minimum atomic E-state index is -1.15. The molecule has 166 valence electrons. The molecule has 1 aromatic heterocycles. The van der Waals surface area contributed by atoms with Gasteiger partial charge in [-0.2, -0.15) is 0 Å². The summed E-state index contributed by atoms with van der Waals surface area (Å²) in [6.07, 6.45) is -1.89. The molecule has 7 nitrogen and oxygen atoms in total. The summed E-state index contributed by atoms with van der Waals surface area (Å²) >= 11 is 1.25. The summed E-state index contributed by atoms with van der Waals surface area (Å²) in [4.78, 5) is 38.1. The van der Waals surface area contributed by atoms with Gasteiger partial charge in [0.25, 0.3) is 0 Å². The molecule has 1 atom stereocenters. The van der Waals surface area contributed by atoms with Crippen LogP contribution in [0.25, 0.3) is 11.1 Å². The van der Waals surface area contributed by atoms with Gasteiger partial charge in [-0.05, 0) is 19.4 Å². The van der Waals surface area contributed by atoms with Crippen LogP contribution in [0.2, 0.25) is 0 Å². The zero-order valence-corrected chi connectivity index (χ0v) is 18.6. The number of nitrogens with one attached hydrogen (secondary N) is 2. The highest BCUT2D eigenvalue weighted by molar-refractivity contribution is 7.15. The average Bonchev–Trinajstić information content (AvgIpc) is 3.23. The number of hydrogen-bond donors (Lipinski definition) is 2. The van der Waals surface area contributed by atoms with E-state index in [0.717, 1.165) is 5.56 Å². The van der Waals surface area contributed by atoms with E-state index in [1.165, 1.54) is 11.3 Å². The van der Waals surface area contributed by atoms with Gasteiger partial charge in [0.2, 0.25) is 5.78 Å². The number of rotatable bonds is 9. The molecular weight excluding hydrogens is 428 g/mol. The molecule has 1 unspecified atom stereocenters. The number of esters is 1. The summed E-state index contributed by atoms with van der Waals surface area (Å²) in [5.41, 5.74) is 2.22. The number of ether oxygens (including phenoxy) is 2. The molecule has 32 heavy (non-hydrogen) atoms. The number of benzene rings is 2. The van der Waals surface area contributed by atoms with Gasteiger partial charge in [0.1, 0.15) is 10.6 Å². The Morgan fingerprint density at radius 1 is 0.906 bits per heavy atom. The first-order valence-corrected chi connectivity index (χ1v) is 11.1. The normalized spacial score (nSPS) is 11.3. The molecular formula is C24H24N2O5S. The first-order chi connectivity index (χ1) is 15.5. The third-order valence-corrected chi connectivity index (χ3v) is 5.40. The maximum atomic E-state index is 13.1. The largest absolute Gasteiger partial charge is 0.462 e. The number of amides is 1. The number of carbonyl (C=O) groups excluding carboxylic acids is 3. The van der Waals surface area contributed by atoms with Crippen molar-refractivity contribution in [3.8, 4) is 11.1 Å². The molecule has 0 bridgehead atoms. The zero-order valence-electron chi connectivity index (χ0n) is 17.8. The molecule has 1 amide bonds. The van der Waals surface area contributed by atoms with E-state index in [0.29, 0.717) is 21.7 Å². The van der Waals surface area contributed by atoms with Gasteiger partial charge in [0.15, 0.2) is 6.17 Å². The van der Waals surface area contributed by atoms with E-state index in [1.54, 1.807) is 44.2 Å². The Labute approximate surface area is 190 Å². The predicted octanol–water partition coefficient (Wildman–Crippen LogP) is 4.96.